The zero-order valence-electron chi connectivity index (χ0n) is 11.6. The number of amides is 2. The van der Waals surface area contributed by atoms with Crippen LogP contribution in [0.25, 0.3) is 0 Å². The van der Waals surface area contributed by atoms with Crippen LogP contribution >= 0.6 is 0 Å². The van der Waals surface area contributed by atoms with E-state index in [1.807, 2.05) is 0 Å². The van der Waals surface area contributed by atoms with Gasteiger partial charge in [0.1, 0.15) is 11.5 Å². The Morgan fingerprint density at radius 1 is 1.19 bits per heavy atom. The van der Waals surface area contributed by atoms with Crippen molar-refractivity contribution in [2.45, 2.75) is 13.5 Å². The number of carbonyl (C=O) groups is 2. The number of hydrogen-bond acceptors (Lipinski definition) is 4. The average molecular weight is 288 g/mol. The number of rotatable bonds is 6. The molecule has 0 atom stereocenters. The minimum atomic E-state index is -0.239. The van der Waals surface area contributed by atoms with Crippen molar-refractivity contribution < 1.29 is 18.7 Å². The molecule has 0 fully saturated rings. The Kier molecular flexibility index (Phi) is 4.98. The SMILES string of the molecule is CC(=O)Nc1ccc(OCC(=O)NCc2ccco2)cc1. The third kappa shape index (κ3) is 5.02. The summed E-state index contributed by atoms with van der Waals surface area (Å²) in [7, 11) is 0. The molecule has 2 amide bonds. The largest absolute Gasteiger partial charge is 0.484 e. The molecule has 0 saturated heterocycles. The number of nitrogens with one attached hydrogen (secondary N) is 2. The summed E-state index contributed by atoms with van der Waals surface area (Å²) in [5.74, 6) is 0.860. The molecule has 2 aromatic rings. The van der Waals surface area contributed by atoms with E-state index in [0.29, 0.717) is 23.7 Å². The molecule has 2 rings (SSSR count). The molecule has 0 spiro atoms. The van der Waals surface area contributed by atoms with Gasteiger partial charge >= 0.3 is 0 Å². The second kappa shape index (κ2) is 7.14. The molecule has 0 saturated carbocycles. The van der Waals surface area contributed by atoms with Crippen molar-refractivity contribution in [1.29, 1.82) is 0 Å². The molecular formula is C15H16N2O4. The smallest absolute Gasteiger partial charge is 0.258 e. The predicted octanol–water partition coefficient (Wildman–Crippen LogP) is 1.93. The number of carbonyl (C=O) groups excluding carboxylic acids is 2. The van der Waals surface area contributed by atoms with Crippen LogP contribution in [-0.2, 0) is 16.1 Å². The van der Waals surface area contributed by atoms with Crippen LogP contribution in [0.5, 0.6) is 5.75 Å². The monoisotopic (exact) mass is 288 g/mol. The van der Waals surface area contributed by atoms with E-state index in [9.17, 15) is 9.59 Å². The zero-order valence-corrected chi connectivity index (χ0v) is 11.6. The average Bonchev–Trinajstić information content (AvgIpc) is 2.97. The lowest BCUT2D eigenvalue weighted by Crippen LogP contribution is -2.28. The summed E-state index contributed by atoms with van der Waals surface area (Å²) in [5, 5.41) is 5.33. The van der Waals surface area contributed by atoms with Crippen LogP contribution in [0.2, 0.25) is 0 Å². The normalized spacial score (nSPS) is 9.95. The summed E-state index contributed by atoms with van der Waals surface area (Å²) in [6, 6.07) is 10.3. The summed E-state index contributed by atoms with van der Waals surface area (Å²) in [5.41, 5.74) is 0.678. The van der Waals surface area contributed by atoms with Gasteiger partial charge in [0.25, 0.3) is 5.91 Å². The summed E-state index contributed by atoms with van der Waals surface area (Å²) in [6.07, 6.45) is 1.55. The molecule has 0 radical (unpaired) electrons. The van der Waals surface area contributed by atoms with Gasteiger partial charge in [0.2, 0.25) is 5.91 Å². The molecule has 1 heterocycles. The quantitative estimate of drug-likeness (QED) is 0.851. The first kappa shape index (κ1) is 14.6. The Morgan fingerprint density at radius 2 is 1.95 bits per heavy atom. The van der Waals surface area contributed by atoms with Gasteiger partial charge in [0.05, 0.1) is 12.8 Å². The van der Waals surface area contributed by atoms with Crippen LogP contribution in [-0.4, -0.2) is 18.4 Å². The molecule has 1 aromatic heterocycles. The first-order chi connectivity index (χ1) is 10.1. The van der Waals surface area contributed by atoms with Crippen molar-refractivity contribution in [3.05, 3.63) is 48.4 Å². The Balaban J connectivity index is 1.74. The molecule has 2 N–H and O–H groups in total. The molecule has 0 unspecified atom stereocenters. The van der Waals surface area contributed by atoms with Crippen molar-refractivity contribution in [3.63, 3.8) is 0 Å². The van der Waals surface area contributed by atoms with Crippen LogP contribution in [0.3, 0.4) is 0 Å². The number of benzene rings is 1. The zero-order chi connectivity index (χ0) is 15.1. The van der Waals surface area contributed by atoms with E-state index in [1.54, 1.807) is 42.7 Å². The van der Waals surface area contributed by atoms with E-state index < -0.39 is 0 Å². The van der Waals surface area contributed by atoms with Gasteiger partial charge < -0.3 is 19.8 Å². The van der Waals surface area contributed by atoms with E-state index in [-0.39, 0.29) is 18.4 Å². The fourth-order valence-electron chi connectivity index (χ4n) is 1.64. The number of furan rings is 1. The van der Waals surface area contributed by atoms with Crippen molar-refractivity contribution in [3.8, 4) is 5.75 Å². The second-order valence-corrected chi connectivity index (χ2v) is 4.35. The Labute approximate surface area is 122 Å². The topological polar surface area (TPSA) is 80.6 Å². The van der Waals surface area contributed by atoms with Crippen LogP contribution in [0.4, 0.5) is 5.69 Å². The van der Waals surface area contributed by atoms with E-state index >= 15 is 0 Å². The fourth-order valence-corrected chi connectivity index (χ4v) is 1.64. The third-order valence-electron chi connectivity index (χ3n) is 2.58. The summed E-state index contributed by atoms with van der Waals surface area (Å²) in [4.78, 5) is 22.5. The highest BCUT2D eigenvalue weighted by atomic mass is 16.5. The van der Waals surface area contributed by atoms with Crippen LogP contribution < -0.4 is 15.4 Å². The Morgan fingerprint density at radius 3 is 2.57 bits per heavy atom. The molecule has 21 heavy (non-hydrogen) atoms. The van der Waals surface area contributed by atoms with E-state index in [4.69, 9.17) is 9.15 Å². The van der Waals surface area contributed by atoms with Crippen molar-refractivity contribution in [2.24, 2.45) is 0 Å². The lowest BCUT2D eigenvalue weighted by molar-refractivity contribution is -0.123. The maximum atomic E-state index is 11.6. The maximum absolute atomic E-state index is 11.6. The van der Waals surface area contributed by atoms with E-state index in [1.165, 1.54) is 6.92 Å². The standard InChI is InChI=1S/C15H16N2O4/c1-11(18)17-12-4-6-13(7-5-12)21-10-15(19)16-9-14-3-2-8-20-14/h2-8H,9-10H2,1H3,(H,16,19)(H,17,18). The number of hydrogen-bond donors (Lipinski definition) is 2. The molecule has 1 aromatic carbocycles. The highest BCUT2D eigenvalue weighted by Crippen LogP contribution is 2.15. The number of anilines is 1. The Bertz CT molecular complexity index is 591. The minimum absolute atomic E-state index is 0.0831. The first-order valence-electron chi connectivity index (χ1n) is 6.43. The molecular weight excluding hydrogens is 272 g/mol. The van der Waals surface area contributed by atoms with E-state index in [2.05, 4.69) is 10.6 Å². The molecule has 0 aliphatic carbocycles. The second-order valence-electron chi connectivity index (χ2n) is 4.35. The van der Waals surface area contributed by atoms with Gasteiger partial charge in [-0.3, -0.25) is 9.59 Å². The van der Waals surface area contributed by atoms with Gasteiger partial charge in [-0.05, 0) is 36.4 Å². The summed E-state index contributed by atoms with van der Waals surface area (Å²) < 4.78 is 10.4. The van der Waals surface area contributed by atoms with Gasteiger partial charge in [-0.1, -0.05) is 0 Å². The minimum Gasteiger partial charge on any atom is -0.484 e. The van der Waals surface area contributed by atoms with Gasteiger partial charge in [0.15, 0.2) is 6.61 Å². The highest BCUT2D eigenvalue weighted by molar-refractivity contribution is 5.88. The van der Waals surface area contributed by atoms with Crippen molar-refractivity contribution in [1.82, 2.24) is 5.32 Å². The first-order valence-corrected chi connectivity index (χ1v) is 6.43. The number of ether oxygens (including phenoxy) is 1. The van der Waals surface area contributed by atoms with Crippen molar-refractivity contribution in [2.75, 3.05) is 11.9 Å². The lowest BCUT2D eigenvalue weighted by atomic mass is 10.3. The molecule has 0 aliphatic heterocycles. The van der Waals surface area contributed by atoms with Crippen LogP contribution in [0.15, 0.2) is 47.1 Å². The van der Waals surface area contributed by atoms with Gasteiger partial charge in [0, 0.05) is 12.6 Å². The van der Waals surface area contributed by atoms with Crippen LogP contribution in [0.1, 0.15) is 12.7 Å². The fraction of sp³-hybridized carbons (Fsp3) is 0.200. The van der Waals surface area contributed by atoms with E-state index in [0.717, 1.165) is 0 Å². The van der Waals surface area contributed by atoms with Crippen molar-refractivity contribution >= 4 is 17.5 Å². The lowest BCUT2D eigenvalue weighted by Gasteiger charge is -2.07. The molecule has 110 valence electrons. The predicted molar refractivity (Wildman–Crippen MR) is 76.8 cm³/mol. The molecule has 0 bridgehead atoms. The highest BCUT2D eigenvalue weighted by Gasteiger charge is 2.04. The van der Waals surface area contributed by atoms with Gasteiger partial charge in [-0.2, -0.15) is 0 Å². The third-order valence-corrected chi connectivity index (χ3v) is 2.58. The maximum Gasteiger partial charge on any atom is 0.258 e. The van der Waals surface area contributed by atoms with Crippen LogP contribution in [0, 0.1) is 0 Å². The molecule has 6 nitrogen and oxygen atoms in total. The summed E-state index contributed by atoms with van der Waals surface area (Å²) >= 11 is 0. The summed E-state index contributed by atoms with van der Waals surface area (Å²) in [6.45, 7) is 1.69. The van der Waals surface area contributed by atoms with Gasteiger partial charge in [-0.25, -0.2) is 0 Å². The molecule has 0 aliphatic rings. The Hall–Kier alpha value is -2.76. The molecule has 6 heteroatoms. The van der Waals surface area contributed by atoms with Gasteiger partial charge in [-0.15, -0.1) is 0 Å².